The monoisotopic (exact) mass is 618 g/mol. The molecule has 0 aliphatic heterocycles. The Balaban J connectivity index is 0.000000566. The van der Waals surface area contributed by atoms with Gasteiger partial charge in [0.1, 0.15) is 17.2 Å². The van der Waals surface area contributed by atoms with E-state index in [4.69, 9.17) is 9.90 Å². The zero-order chi connectivity index (χ0) is 32.2. The summed E-state index contributed by atoms with van der Waals surface area (Å²) >= 11 is 0. The quantitative estimate of drug-likeness (QED) is 0.245. The number of anilines is 1. The summed E-state index contributed by atoms with van der Waals surface area (Å²) < 4.78 is 48.7. The van der Waals surface area contributed by atoms with Gasteiger partial charge in [-0.25, -0.2) is 19.0 Å². The van der Waals surface area contributed by atoms with Crippen LogP contribution in [-0.2, 0) is 29.1 Å². The van der Waals surface area contributed by atoms with E-state index in [1.807, 2.05) is 38.4 Å². The number of benzene rings is 2. The molecule has 15 heteroatoms. The van der Waals surface area contributed by atoms with Gasteiger partial charge in [-0.15, -0.1) is 0 Å². The van der Waals surface area contributed by atoms with E-state index in [-0.39, 0.29) is 30.1 Å². The van der Waals surface area contributed by atoms with Crippen LogP contribution in [0.3, 0.4) is 0 Å². The van der Waals surface area contributed by atoms with Gasteiger partial charge in [-0.3, -0.25) is 18.7 Å². The van der Waals surface area contributed by atoms with Gasteiger partial charge in [0.2, 0.25) is 5.91 Å². The number of H-pyrrole nitrogens is 1. The summed E-state index contributed by atoms with van der Waals surface area (Å²) in [4.78, 5) is 57.1. The third-order valence-corrected chi connectivity index (χ3v) is 6.65. The number of nitrogens with one attached hydrogen (secondary N) is 2. The van der Waals surface area contributed by atoms with Crippen molar-refractivity contribution in [1.82, 2.24) is 24.0 Å². The number of carbonyl (C=O) groups is 2. The van der Waals surface area contributed by atoms with Crippen molar-refractivity contribution in [1.29, 1.82) is 0 Å². The Hall–Kier alpha value is -4.79. The fourth-order valence-corrected chi connectivity index (χ4v) is 4.34. The van der Waals surface area contributed by atoms with Crippen molar-refractivity contribution in [2.75, 3.05) is 26.0 Å². The average molecular weight is 619 g/mol. The topological polar surface area (TPSA) is 142 Å². The van der Waals surface area contributed by atoms with Gasteiger partial charge in [0.05, 0.1) is 13.1 Å². The van der Waals surface area contributed by atoms with Gasteiger partial charge in [0.15, 0.2) is 5.65 Å². The van der Waals surface area contributed by atoms with E-state index in [9.17, 15) is 31.9 Å². The van der Waals surface area contributed by atoms with Crippen LogP contribution in [0.4, 0.5) is 23.2 Å². The molecule has 234 valence electrons. The number of carboxylic acid groups (broad SMARTS) is 1. The second kappa shape index (κ2) is 13.2. The normalized spacial score (nSPS) is 13.1. The zero-order valence-electron chi connectivity index (χ0n) is 23.8. The van der Waals surface area contributed by atoms with E-state index in [0.29, 0.717) is 36.0 Å². The Labute approximate surface area is 247 Å². The predicted octanol–water partition coefficient (Wildman–Crippen LogP) is 3.21. The molecule has 2 aromatic carbocycles. The van der Waals surface area contributed by atoms with Crippen LogP contribution >= 0.6 is 0 Å². The van der Waals surface area contributed by atoms with Crippen molar-refractivity contribution in [3.05, 3.63) is 92.1 Å². The SMILES string of the molecule is CN(C)CC(=O)Nc1ccc(Cc2nc3c([nH]2)c(=O)n(Cc2ccccc2F)c(=O)n3CC2CC2)cc1.O=C(O)C(F)(F)F. The summed E-state index contributed by atoms with van der Waals surface area (Å²) in [6.07, 6.45) is -2.63. The lowest BCUT2D eigenvalue weighted by Gasteiger charge is -2.11. The number of imidazole rings is 1. The molecule has 0 unspecified atom stereocenters. The number of carboxylic acids is 1. The van der Waals surface area contributed by atoms with Crippen LogP contribution in [0.15, 0.2) is 58.1 Å². The molecule has 2 heterocycles. The highest BCUT2D eigenvalue weighted by molar-refractivity contribution is 5.92. The number of aliphatic carboxylic acids is 1. The molecule has 0 spiro atoms. The van der Waals surface area contributed by atoms with Crippen LogP contribution in [-0.4, -0.2) is 67.8 Å². The number of hydrogen-bond donors (Lipinski definition) is 3. The lowest BCUT2D eigenvalue weighted by molar-refractivity contribution is -0.192. The van der Waals surface area contributed by atoms with Crippen LogP contribution < -0.4 is 16.6 Å². The van der Waals surface area contributed by atoms with Crippen LogP contribution in [0.1, 0.15) is 29.8 Å². The van der Waals surface area contributed by atoms with Crippen LogP contribution in [0, 0.1) is 11.7 Å². The Kier molecular flexibility index (Phi) is 9.67. The first-order valence-electron chi connectivity index (χ1n) is 13.5. The molecule has 44 heavy (non-hydrogen) atoms. The van der Waals surface area contributed by atoms with Gasteiger partial charge in [-0.2, -0.15) is 13.2 Å². The number of nitrogens with zero attached hydrogens (tertiary/aromatic N) is 4. The lowest BCUT2D eigenvalue weighted by atomic mass is 10.1. The van der Waals surface area contributed by atoms with E-state index >= 15 is 0 Å². The molecule has 4 aromatic rings. The molecule has 0 bridgehead atoms. The van der Waals surface area contributed by atoms with Crippen molar-refractivity contribution < 1.29 is 32.3 Å². The van der Waals surface area contributed by atoms with Crippen LogP contribution in [0.25, 0.3) is 11.2 Å². The third kappa shape index (κ3) is 8.18. The van der Waals surface area contributed by atoms with E-state index in [2.05, 4.69) is 15.3 Å². The smallest absolute Gasteiger partial charge is 0.475 e. The Morgan fingerprint density at radius 1 is 1.07 bits per heavy atom. The molecule has 1 saturated carbocycles. The molecular weight excluding hydrogens is 588 g/mol. The van der Waals surface area contributed by atoms with E-state index in [1.54, 1.807) is 27.7 Å². The number of amides is 1. The van der Waals surface area contributed by atoms with Crippen molar-refractivity contribution in [3.8, 4) is 0 Å². The second-order valence-corrected chi connectivity index (χ2v) is 10.7. The molecule has 0 radical (unpaired) electrons. The molecule has 5 rings (SSSR count). The highest BCUT2D eigenvalue weighted by Crippen LogP contribution is 2.30. The fraction of sp³-hybridized carbons (Fsp3) is 0.345. The van der Waals surface area contributed by atoms with Gasteiger partial charge >= 0.3 is 17.8 Å². The highest BCUT2D eigenvalue weighted by Gasteiger charge is 2.38. The van der Waals surface area contributed by atoms with E-state index in [1.165, 1.54) is 6.07 Å². The van der Waals surface area contributed by atoms with Crippen molar-refractivity contribution in [3.63, 3.8) is 0 Å². The third-order valence-electron chi connectivity index (χ3n) is 6.65. The Morgan fingerprint density at radius 3 is 2.27 bits per heavy atom. The molecular formula is C29H30F4N6O5. The maximum Gasteiger partial charge on any atom is 0.490 e. The maximum atomic E-state index is 14.3. The molecule has 1 aliphatic rings. The molecule has 0 atom stereocenters. The van der Waals surface area contributed by atoms with E-state index in [0.717, 1.165) is 23.0 Å². The summed E-state index contributed by atoms with van der Waals surface area (Å²) in [5.41, 5.74) is 1.45. The minimum absolute atomic E-state index is 0.102. The summed E-state index contributed by atoms with van der Waals surface area (Å²) in [5, 5.41) is 9.97. The van der Waals surface area contributed by atoms with Crippen molar-refractivity contribution in [2.24, 2.45) is 5.92 Å². The number of aromatic amines is 1. The molecule has 2 aromatic heterocycles. The molecule has 1 fully saturated rings. The van der Waals surface area contributed by atoms with Crippen LogP contribution in [0.5, 0.6) is 0 Å². The van der Waals surface area contributed by atoms with E-state index < -0.39 is 29.2 Å². The fourth-order valence-electron chi connectivity index (χ4n) is 4.34. The first-order valence-corrected chi connectivity index (χ1v) is 13.5. The van der Waals surface area contributed by atoms with Gasteiger partial charge in [-0.1, -0.05) is 30.3 Å². The summed E-state index contributed by atoms with van der Waals surface area (Å²) in [6, 6.07) is 13.5. The minimum Gasteiger partial charge on any atom is -0.475 e. The predicted molar refractivity (Wildman–Crippen MR) is 153 cm³/mol. The number of fused-ring (bicyclic) bond motifs is 1. The number of aromatic nitrogens is 4. The van der Waals surface area contributed by atoms with Crippen LogP contribution in [0.2, 0.25) is 0 Å². The average Bonchev–Trinajstić information content (AvgIpc) is 3.67. The standard InChI is InChI=1S/C27H29FN6O3.C2HF3O2/c1-32(2)16-23(35)29-20-11-9-17(10-12-20)13-22-30-24-25(31-22)33(14-18-7-8-18)27(37)34(26(24)36)15-19-5-3-4-6-21(19)28;3-2(4,5)1(6)7/h3-6,9-12,18H,7-8,13-16H2,1-2H3,(H,29,35)(H,30,31);(H,6,7). The zero-order valence-corrected chi connectivity index (χ0v) is 23.8. The number of hydrogen-bond acceptors (Lipinski definition) is 6. The number of likely N-dealkylation sites (N-methyl/N-ethyl adjacent to an activating group) is 1. The van der Waals surface area contributed by atoms with Gasteiger partial charge < -0.3 is 20.3 Å². The van der Waals surface area contributed by atoms with Gasteiger partial charge in [0, 0.05) is 24.2 Å². The molecule has 1 aliphatic carbocycles. The van der Waals surface area contributed by atoms with Crippen molar-refractivity contribution >= 4 is 28.7 Å². The number of halogens is 4. The summed E-state index contributed by atoms with van der Waals surface area (Å²) in [7, 11) is 3.66. The summed E-state index contributed by atoms with van der Waals surface area (Å²) in [6.45, 7) is 0.608. The summed E-state index contributed by atoms with van der Waals surface area (Å²) in [5.74, 6) is -2.41. The number of rotatable bonds is 9. The Morgan fingerprint density at radius 2 is 1.70 bits per heavy atom. The lowest BCUT2D eigenvalue weighted by Crippen LogP contribution is -2.40. The first-order chi connectivity index (χ1) is 20.7. The molecule has 11 nitrogen and oxygen atoms in total. The Bertz CT molecular complexity index is 1770. The highest BCUT2D eigenvalue weighted by atomic mass is 19.4. The first kappa shape index (κ1) is 32.1. The van der Waals surface area contributed by atoms with Gasteiger partial charge in [-0.05, 0) is 56.6 Å². The second-order valence-electron chi connectivity index (χ2n) is 10.7. The molecule has 0 saturated heterocycles. The van der Waals surface area contributed by atoms with Crippen molar-refractivity contribution in [2.45, 2.75) is 38.5 Å². The number of alkyl halides is 3. The van der Waals surface area contributed by atoms with Gasteiger partial charge in [0.25, 0.3) is 5.56 Å². The minimum atomic E-state index is -5.08. The maximum absolute atomic E-state index is 14.3. The molecule has 1 amide bonds. The number of carbonyl (C=O) groups excluding carboxylic acids is 1. The molecule has 3 N–H and O–H groups in total. The largest absolute Gasteiger partial charge is 0.490 e.